The van der Waals surface area contributed by atoms with E-state index in [1.54, 1.807) is 13.0 Å². The molecule has 0 saturated heterocycles. The summed E-state index contributed by atoms with van der Waals surface area (Å²) >= 11 is 5.98. The summed E-state index contributed by atoms with van der Waals surface area (Å²) in [6.07, 6.45) is 2.88. The van der Waals surface area contributed by atoms with E-state index in [1.165, 1.54) is 12.1 Å². The lowest BCUT2D eigenvalue weighted by Crippen LogP contribution is -2.46. The standard InChI is InChI=1S/C16H21ClN2O4/c1-2-23-15(21)11-9-10(7-8-12(11)17)18-16(22)19-13-5-3-4-6-14(13)20/h7-9,13-14,20H,2-6H2,1H3,(H2,18,19,22)/t13-,14-/m1/s1. The number of urea groups is 1. The van der Waals surface area contributed by atoms with Crippen LogP contribution < -0.4 is 10.6 Å². The van der Waals surface area contributed by atoms with Crippen LogP contribution in [0.1, 0.15) is 43.0 Å². The number of aliphatic hydroxyl groups is 1. The van der Waals surface area contributed by atoms with Crippen molar-refractivity contribution in [2.75, 3.05) is 11.9 Å². The van der Waals surface area contributed by atoms with Crippen molar-refractivity contribution in [3.8, 4) is 0 Å². The predicted molar refractivity (Wildman–Crippen MR) is 87.8 cm³/mol. The first kappa shape index (κ1) is 17.6. The van der Waals surface area contributed by atoms with Crippen LogP contribution in [-0.4, -0.2) is 35.9 Å². The first-order valence-corrected chi connectivity index (χ1v) is 8.11. The topological polar surface area (TPSA) is 87.7 Å². The Morgan fingerprint density at radius 1 is 1.35 bits per heavy atom. The van der Waals surface area contributed by atoms with Gasteiger partial charge in [-0.2, -0.15) is 0 Å². The first-order chi connectivity index (χ1) is 11.0. The lowest BCUT2D eigenvalue weighted by molar-refractivity contribution is 0.0526. The molecule has 2 atom stereocenters. The highest BCUT2D eigenvalue weighted by atomic mass is 35.5. The third-order valence-electron chi connectivity index (χ3n) is 3.77. The van der Waals surface area contributed by atoms with Crippen molar-refractivity contribution >= 4 is 29.3 Å². The smallest absolute Gasteiger partial charge is 0.339 e. The van der Waals surface area contributed by atoms with E-state index in [9.17, 15) is 14.7 Å². The molecule has 3 N–H and O–H groups in total. The maximum Gasteiger partial charge on any atom is 0.339 e. The molecule has 0 aromatic heterocycles. The second kappa shape index (κ2) is 8.17. The molecule has 2 rings (SSSR count). The summed E-state index contributed by atoms with van der Waals surface area (Å²) < 4.78 is 4.92. The van der Waals surface area contributed by atoms with Crippen molar-refractivity contribution in [3.05, 3.63) is 28.8 Å². The number of esters is 1. The van der Waals surface area contributed by atoms with Gasteiger partial charge in [-0.25, -0.2) is 9.59 Å². The van der Waals surface area contributed by atoms with E-state index in [4.69, 9.17) is 16.3 Å². The SMILES string of the molecule is CCOC(=O)c1cc(NC(=O)N[C@@H]2CCCC[C@H]2O)ccc1Cl. The van der Waals surface area contributed by atoms with Crippen LogP contribution >= 0.6 is 11.6 Å². The number of halogens is 1. The van der Waals surface area contributed by atoms with Gasteiger partial charge in [-0.05, 0) is 38.0 Å². The Labute approximate surface area is 140 Å². The van der Waals surface area contributed by atoms with E-state index in [-0.39, 0.29) is 23.2 Å². The number of aliphatic hydroxyl groups excluding tert-OH is 1. The van der Waals surface area contributed by atoms with E-state index >= 15 is 0 Å². The van der Waals surface area contributed by atoms with E-state index in [2.05, 4.69) is 10.6 Å². The van der Waals surface area contributed by atoms with Gasteiger partial charge in [0.1, 0.15) is 0 Å². The molecule has 0 unspecified atom stereocenters. The Bertz CT molecular complexity index is 579. The monoisotopic (exact) mass is 340 g/mol. The number of nitrogens with one attached hydrogen (secondary N) is 2. The molecular formula is C16H21ClN2O4. The molecule has 0 radical (unpaired) electrons. The molecule has 1 fully saturated rings. The number of rotatable bonds is 4. The Morgan fingerprint density at radius 2 is 2.09 bits per heavy atom. The quantitative estimate of drug-likeness (QED) is 0.735. The summed E-state index contributed by atoms with van der Waals surface area (Å²) in [4.78, 5) is 23.8. The van der Waals surface area contributed by atoms with E-state index < -0.39 is 18.1 Å². The molecular weight excluding hydrogens is 320 g/mol. The van der Waals surface area contributed by atoms with Gasteiger partial charge in [0.2, 0.25) is 0 Å². The van der Waals surface area contributed by atoms with E-state index in [1.807, 2.05) is 0 Å². The summed E-state index contributed by atoms with van der Waals surface area (Å²) in [6, 6.07) is 3.92. The zero-order chi connectivity index (χ0) is 16.8. The molecule has 1 saturated carbocycles. The second-order valence-corrected chi connectivity index (χ2v) is 5.88. The third kappa shape index (κ3) is 4.84. The minimum absolute atomic E-state index is 0.198. The molecule has 1 aliphatic carbocycles. The van der Waals surface area contributed by atoms with Gasteiger partial charge in [0.15, 0.2) is 0 Å². The van der Waals surface area contributed by atoms with Gasteiger partial charge in [0.05, 0.1) is 29.3 Å². The van der Waals surface area contributed by atoms with Crippen LogP contribution in [0.2, 0.25) is 5.02 Å². The number of anilines is 1. The zero-order valence-electron chi connectivity index (χ0n) is 13.0. The second-order valence-electron chi connectivity index (χ2n) is 5.47. The Balaban J connectivity index is 2.00. The van der Waals surface area contributed by atoms with E-state index in [0.29, 0.717) is 12.1 Å². The maximum atomic E-state index is 12.0. The molecule has 0 heterocycles. The van der Waals surface area contributed by atoms with Gasteiger partial charge < -0.3 is 20.5 Å². The summed E-state index contributed by atoms with van der Waals surface area (Å²) in [5, 5.41) is 15.5. The molecule has 0 bridgehead atoms. The summed E-state index contributed by atoms with van der Waals surface area (Å²) in [5.41, 5.74) is 0.629. The fourth-order valence-corrected chi connectivity index (χ4v) is 2.78. The molecule has 7 heteroatoms. The molecule has 1 aromatic carbocycles. The number of carbonyl (C=O) groups excluding carboxylic acids is 2. The van der Waals surface area contributed by atoms with E-state index in [0.717, 1.165) is 19.3 Å². The van der Waals surface area contributed by atoms with Crippen LogP contribution in [0.15, 0.2) is 18.2 Å². The van der Waals surface area contributed by atoms with Crippen LogP contribution in [0.3, 0.4) is 0 Å². The molecule has 0 spiro atoms. The van der Waals surface area contributed by atoms with Crippen LogP contribution in [0.4, 0.5) is 10.5 Å². The van der Waals surface area contributed by atoms with Crippen LogP contribution in [0.25, 0.3) is 0 Å². The number of ether oxygens (including phenoxy) is 1. The van der Waals surface area contributed by atoms with Gasteiger partial charge in [-0.3, -0.25) is 0 Å². The number of benzene rings is 1. The molecule has 6 nitrogen and oxygen atoms in total. The fourth-order valence-electron chi connectivity index (χ4n) is 2.58. The highest BCUT2D eigenvalue weighted by Crippen LogP contribution is 2.22. The lowest BCUT2D eigenvalue weighted by atomic mass is 9.93. The third-order valence-corrected chi connectivity index (χ3v) is 4.10. The highest BCUT2D eigenvalue weighted by Gasteiger charge is 2.24. The van der Waals surface area contributed by atoms with Crippen LogP contribution in [-0.2, 0) is 4.74 Å². The molecule has 126 valence electrons. The van der Waals surface area contributed by atoms with Gasteiger partial charge in [0, 0.05) is 5.69 Å². The van der Waals surface area contributed by atoms with Crippen molar-refractivity contribution in [1.82, 2.24) is 5.32 Å². The predicted octanol–water partition coefficient (Wildman–Crippen LogP) is 2.94. The molecule has 2 amide bonds. The van der Waals surface area contributed by atoms with Crippen LogP contribution in [0.5, 0.6) is 0 Å². The minimum Gasteiger partial charge on any atom is -0.462 e. The van der Waals surface area contributed by atoms with Crippen molar-refractivity contribution in [2.24, 2.45) is 0 Å². The Hall–Kier alpha value is -1.79. The summed E-state index contributed by atoms with van der Waals surface area (Å²) in [6.45, 7) is 1.95. The Kier molecular flexibility index (Phi) is 6.24. The number of carbonyl (C=O) groups is 2. The average molecular weight is 341 g/mol. The number of amides is 2. The largest absolute Gasteiger partial charge is 0.462 e. The van der Waals surface area contributed by atoms with Gasteiger partial charge in [-0.1, -0.05) is 24.4 Å². The van der Waals surface area contributed by atoms with Gasteiger partial charge in [0.25, 0.3) is 0 Å². The minimum atomic E-state index is -0.538. The lowest BCUT2D eigenvalue weighted by Gasteiger charge is -2.28. The number of hydrogen-bond acceptors (Lipinski definition) is 4. The molecule has 1 aliphatic rings. The molecule has 0 aliphatic heterocycles. The van der Waals surface area contributed by atoms with Crippen molar-refractivity contribution < 1.29 is 19.4 Å². The summed E-state index contributed by atoms with van der Waals surface area (Å²) in [7, 11) is 0. The fraction of sp³-hybridized carbons (Fsp3) is 0.500. The van der Waals surface area contributed by atoms with Gasteiger partial charge in [-0.15, -0.1) is 0 Å². The summed E-state index contributed by atoms with van der Waals surface area (Å²) in [5.74, 6) is -0.538. The Morgan fingerprint density at radius 3 is 2.78 bits per heavy atom. The normalized spacial score (nSPS) is 20.7. The average Bonchev–Trinajstić information content (AvgIpc) is 2.51. The van der Waals surface area contributed by atoms with Crippen molar-refractivity contribution in [2.45, 2.75) is 44.8 Å². The zero-order valence-corrected chi connectivity index (χ0v) is 13.7. The molecule has 1 aromatic rings. The van der Waals surface area contributed by atoms with Crippen molar-refractivity contribution in [3.63, 3.8) is 0 Å². The molecule has 23 heavy (non-hydrogen) atoms. The van der Waals surface area contributed by atoms with Gasteiger partial charge >= 0.3 is 12.0 Å². The maximum absolute atomic E-state index is 12.0. The highest BCUT2D eigenvalue weighted by molar-refractivity contribution is 6.33. The number of hydrogen-bond donors (Lipinski definition) is 3. The van der Waals surface area contributed by atoms with Crippen molar-refractivity contribution in [1.29, 1.82) is 0 Å². The van der Waals surface area contributed by atoms with Crippen LogP contribution in [0, 0.1) is 0 Å². The first-order valence-electron chi connectivity index (χ1n) is 7.73.